The number of carbonyl (C=O) groups excluding carboxylic acids is 1. The van der Waals surface area contributed by atoms with Crippen molar-refractivity contribution < 1.29 is 9.90 Å². The molecule has 0 saturated heterocycles. The molecule has 0 aliphatic carbocycles. The SMILES string of the molecule is C/C(=N\NC(=O)c1ccccc1O)c1c(C)[nH]n(-c2ccccc2)c1=O. The molecule has 1 amide bonds. The number of carbonyl (C=O) groups is 1. The van der Waals surface area contributed by atoms with E-state index in [-0.39, 0.29) is 16.9 Å². The average molecular weight is 350 g/mol. The van der Waals surface area contributed by atoms with Gasteiger partial charge >= 0.3 is 0 Å². The van der Waals surface area contributed by atoms with Gasteiger partial charge < -0.3 is 5.11 Å². The van der Waals surface area contributed by atoms with E-state index in [1.807, 2.05) is 30.3 Å². The molecule has 2 aromatic carbocycles. The summed E-state index contributed by atoms with van der Waals surface area (Å²) >= 11 is 0. The monoisotopic (exact) mass is 350 g/mol. The molecule has 26 heavy (non-hydrogen) atoms. The van der Waals surface area contributed by atoms with Gasteiger partial charge in [-0.25, -0.2) is 10.1 Å². The summed E-state index contributed by atoms with van der Waals surface area (Å²) in [7, 11) is 0. The average Bonchev–Trinajstić information content (AvgIpc) is 2.95. The van der Waals surface area contributed by atoms with Crippen LogP contribution in [0, 0.1) is 6.92 Å². The maximum atomic E-state index is 12.7. The first-order valence-corrected chi connectivity index (χ1v) is 7.99. The van der Waals surface area contributed by atoms with Crippen molar-refractivity contribution in [3.8, 4) is 11.4 Å². The quantitative estimate of drug-likeness (QED) is 0.497. The lowest BCUT2D eigenvalue weighted by molar-refractivity contribution is 0.0952. The Hall–Kier alpha value is -3.61. The number of phenolic OH excluding ortho intramolecular Hbond substituents is 1. The predicted octanol–water partition coefficient (Wildman–Crippen LogP) is 2.33. The second-order valence-electron chi connectivity index (χ2n) is 5.74. The van der Waals surface area contributed by atoms with Gasteiger partial charge in [0.1, 0.15) is 5.75 Å². The van der Waals surface area contributed by atoms with E-state index in [1.54, 1.807) is 26.0 Å². The zero-order chi connectivity index (χ0) is 18.7. The van der Waals surface area contributed by atoms with Crippen molar-refractivity contribution in [1.82, 2.24) is 15.2 Å². The first-order valence-electron chi connectivity index (χ1n) is 7.99. The third kappa shape index (κ3) is 3.27. The van der Waals surface area contributed by atoms with Crippen LogP contribution in [-0.2, 0) is 0 Å². The van der Waals surface area contributed by atoms with E-state index in [4.69, 9.17) is 0 Å². The van der Waals surface area contributed by atoms with E-state index in [2.05, 4.69) is 15.6 Å². The Morgan fingerprint density at radius 2 is 1.77 bits per heavy atom. The number of hydrogen-bond donors (Lipinski definition) is 3. The van der Waals surface area contributed by atoms with E-state index in [9.17, 15) is 14.7 Å². The summed E-state index contributed by atoms with van der Waals surface area (Å²) in [6, 6.07) is 15.3. The minimum Gasteiger partial charge on any atom is -0.507 e. The zero-order valence-electron chi connectivity index (χ0n) is 14.4. The number of rotatable bonds is 4. The summed E-state index contributed by atoms with van der Waals surface area (Å²) in [6.07, 6.45) is 0. The van der Waals surface area contributed by atoms with Crippen molar-refractivity contribution in [2.45, 2.75) is 13.8 Å². The van der Waals surface area contributed by atoms with Crippen LogP contribution in [-0.4, -0.2) is 26.5 Å². The van der Waals surface area contributed by atoms with Crippen LogP contribution in [0.1, 0.15) is 28.5 Å². The number of aryl methyl sites for hydroxylation is 1. The summed E-state index contributed by atoms with van der Waals surface area (Å²) in [4.78, 5) is 24.8. The van der Waals surface area contributed by atoms with E-state index in [0.29, 0.717) is 22.7 Å². The Bertz CT molecular complexity index is 1030. The highest BCUT2D eigenvalue weighted by atomic mass is 16.3. The number of H-pyrrole nitrogens is 1. The minimum atomic E-state index is -0.556. The van der Waals surface area contributed by atoms with E-state index >= 15 is 0 Å². The van der Waals surface area contributed by atoms with Gasteiger partial charge in [-0.15, -0.1) is 0 Å². The molecule has 0 spiro atoms. The molecule has 0 radical (unpaired) electrons. The topological polar surface area (TPSA) is 99.5 Å². The Morgan fingerprint density at radius 3 is 2.46 bits per heavy atom. The van der Waals surface area contributed by atoms with Crippen LogP contribution in [0.5, 0.6) is 5.75 Å². The molecule has 0 bridgehead atoms. The molecule has 3 N–H and O–H groups in total. The fourth-order valence-electron chi connectivity index (χ4n) is 2.65. The number of nitrogens with zero attached hydrogens (tertiary/aromatic N) is 2. The number of hydrogen-bond acceptors (Lipinski definition) is 4. The third-order valence-electron chi connectivity index (χ3n) is 3.92. The Kier molecular flexibility index (Phi) is 4.70. The van der Waals surface area contributed by atoms with Gasteiger partial charge in [-0.3, -0.25) is 14.7 Å². The lowest BCUT2D eigenvalue weighted by Crippen LogP contribution is -2.23. The molecule has 7 heteroatoms. The smallest absolute Gasteiger partial charge is 0.280 e. The van der Waals surface area contributed by atoms with Crippen molar-refractivity contribution in [2.24, 2.45) is 5.10 Å². The Morgan fingerprint density at radius 1 is 1.12 bits per heavy atom. The third-order valence-corrected chi connectivity index (χ3v) is 3.92. The van der Waals surface area contributed by atoms with Crippen LogP contribution in [0.2, 0.25) is 0 Å². The Balaban J connectivity index is 1.89. The maximum Gasteiger partial charge on any atom is 0.280 e. The number of aromatic nitrogens is 2. The maximum absolute atomic E-state index is 12.7. The lowest BCUT2D eigenvalue weighted by atomic mass is 10.2. The first kappa shape index (κ1) is 17.2. The lowest BCUT2D eigenvalue weighted by Gasteiger charge is -2.03. The summed E-state index contributed by atoms with van der Waals surface area (Å²) in [5.41, 5.74) is 4.31. The molecule has 132 valence electrons. The predicted molar refractivity (Wildman–Crippen MR) is 98.9 cm³/mol. The fraction of sp³-hybridized carbons (Fsp3) is 0.105. The molecule has 3 rings (SSSR count). The van der Waals surface area contributed by atoms with E-state index in [1.165, 1.54) is 16.8 Å². The summed E-state index contributed by atoms with van der Waals surface area (Å²) < 4.78 is 1.43. The van der Waals surface area contributed by atoms with Gasteiger partial charge in [-0.05, 0) is 38.1 Å². The number of benzene rings is 2. The number of phenols is 1. The van der Waals surface area contributed by atoms with Crippen LogP contribution >= 0.6 is 0 Å². The summed E-state index contributed by atoms with van der Waals surface area (Å²) in [6.45, 7) is 3.40. The van der Waals surface area contributed by atoms with Gasteiger partial charge in [0.15, 0.2) is 0 Å². The molecular weight excluding hydrogens is 332 g/mol. The van der Waals surface area contributed by atoms with Crippen LogP contribution in [0.25, 0.3) is 5.69 Å². The highest BCUT2D eigenvalue weighted by molar-refractivity contribution is 6.02. The molecule has 0 fully saturated rings. The van der Waals surface area contributed by atoms with Gasteiger partial charge in [0, 0.05) is 5.69 Å². The largest absolute Gasteiger partial charge is 0.507 e. The van der Waals surface area contributed by atoms with Crippen LogP contribution in [0.15, 0.2) is 64.5 Å². The van der Waals surface area contributed by atoms with Gasteiger partial charge in [-0.2, -0.15) is 5.10 Å². The van der Waals surface area contributed by atoms with Crippen molar-refractivity contribution in [1.29, 1.82) is 0 Å². The molecule has 0 atom stereocenters. The molecule has 1 aromatic heterocycles. The fourth-order valence-corrected chi connectivity index (χ4v) is 2.65. The normalized spacial score (nSPS) is 11.4. The molecule has 7 nitrogen and oxygen atoms in total. The van der Waals surface area contributed by atoms with E-state index < -0.39 is 5.91 Å². The molecule has 0 saturated carbocycles. The van der Waals surface area contributed by atoms with Crippen molar-refractivity contribution in [2.75, 3.05) is 0 Å². The molecule has 0 unspecified atom stereocenters. The zero-order valence-corrected chi connectivity index (χ0v) is 14.4. The molecular formula is C19H18N4O3. The second kappa shape index (κ2) is 7.10. The Labute approximate surface area is 149 Å². The number of aromatic hydroxyl groups is 1. The van der Waals surface area contributed by atoms with Gasteiger partial charge in [0.05, 0.1) is 22.5 Å². The first-order chi connectivity index (χ1) is 12.5. The van der Waals surface area contributed by atoms with Gasteiger partial charge in [0.25, 0.3) is 11.5 Å². The molecule has 0 aliphatic heterocycles. The van der Waals surface area contributed by atoms with Crippen LogP contribution in [0.3, 0.4) is 0 Å². The summed E-state index contributed by atoms with van der Waals surface area (Å²) in [5, 5.41) is 16.7. The highest BCUT2D eigenvalue weighted by Crippen LogP contribution is 2.15. The molecule has 0 aliphatic rings. The minimum absolute atomic E-state index is 0.108. The van der Waals surface area contributed by atoms with E-state index in [0.717, 1.165) is 0 Å². The standard InChI is InChI=1S/C19H18N4O3/c1-12(20-21-18(25)15-10-6-7-11-16(15)24)17-13(2)22-23(19(17)26)14-8-4-3-5-9-14/h3-11,22,24H,1-2H3,(H,21,25)/b20-12+. The number of nitrogens with one attached hydrogen (secondary N) is 2. The number of hydrazone groups is 1. The number of para-hydroxylation sites is 2. The molecule has 3 aromatic rings. The van der Waals surface area contributed by atoms with Gasteiger partial charge in [0.2, 0.25) is 0 Å². The van der Waals surface area contributed by atoms with Crippen molar-refractivity contribution in [3.05, 3.63) is 81.8 Å². The second-order valence-corrected chi connectivity index (χ2v) is 5.74. The van der Waals surface area contributed by atoms with Crippen LogP contribution < -0.4 is 11.0 Å². The van der Waals surface area contributed by atoms with Crippen molar-refractivity contribution >= 4 is 11.6 Å². The van der Waals surface area contributed by atoms with Crippen LogP contribution in [0.4, 0.5) is 0 Å². The van der Waals surface area contributed by atoms with Crippen molar-refractivity contribution in [3.63, 3.8) is 0 Å². The summed E-state index contributed by atoms with van der Waals surface area (Å²) in [5.74, 6) is -0.693. The number of amides is 1. The number of aromatic amines is 1. The van der Waals surface area contributed by atoms with Gasteiger partial charge in [-0.1, -0.05) is 30.3 Å². The molecule has 1 heterocycles. The highest BCUT2D eigenvalue weighted by Gasteiger charge is 2.16.